The second-order valence-corrected chi connectivity index (χ2v) is 8.11. The molecule has 0 heterocycles. The van der Waals surface area contributed by atoms with Gasteiger partial charge in [-0.1, -0.05) is 12.1 Å². The SMILES string of the molecule is C[C@H](Cc1cccc(F)c1Br)N[S+]([O-])C(C)(C)C. The van der Waals surface area contributed by atoms with E-state index in [4.69, 9.17) is 0 Å². The minimum Gasteiger partial charge on any atom is -0.598 e. The molecule has 0 aliphatic carbocycles. The molecule has 0 aliphatic heterocycles. The fourth-order valence-corrected chi connectivity index (χ4v) is 2.67. The predicted molar refractivity (Wildman–Crippen MR) is 78.3 cm³/mol. The molecule has 0 spiro atoms. The molecule has 1 aromatic rings. The highest BCUT2D eigenvalue weighted by molar-refractivity contribution is 9.10. The average molecular weight is 336 g/mol. The molecule has 0 fully saturated rings. The topological polar surface area (TPSA) is 35.1 Å². The fourth-order valence-electron chi connectivity index (χ4n) is 1.44. The maximum atomic E-state index is 13.4. The zero-order valence-corrected chi connectivity index (χ0v) is 13.5. The van der Waals surface area contributed by atoms with Crippen molar-refractivity contribution in [1.29, 1.82) is 0 Å². The summed E-state index contributed by atoms with van der Waals surface area (Å²) in [6.45, 7) is 7.70. The van der Waals surface area contributed by atoms with Gasteiger partial charge in [0.2, 0.25) is 0 Å². The van der Waals surface area contributed by atoms with Gasteiger partial charge in [0.15, 0.2) is 0 Å². The maximum absolute atomic E-state index is 13.4. The Morgan fingerprint density at radius 3 is 2.61 bits per heavy atom. The first-order valence-corrected chi connectivity index (χ1v) is 7.77. The van der Waals surface area contributed by atoms with E-state index >= 15 is 0 Å². The second-order valence-electron chi connectivity index (χ2n) is 5.32. The minimum atomic E-state index is -1.11. The van der Waals surface area contributed by atoms with E-state index in [9.17, 15) is 8.94 Å². The standard InChI is InChI=1S/C13H19BrFNOS/c1-9(16-18(17)13(2,3)4)8-10-6-5-7-11(15)12(10)14/h5-7,9,16H,8H2,1-4H3/t9-,18?/m1/s1. The van der Waals surface area contributed by atoms with Crippen molar-refractivity contribution in [2.45, 2.75) is 44.9 Å². The lowest BCUT2D eigenvalue weighted by Crippen LogP contribution is -2.44. The molecule has 1 unspecified atom stereocenters. The highest BCUT2D eigenvalue weighted by Gasteiger charge is 2.28. The largest absolute Gasteiger partial charge is 0.598 e. The summed E-state index contributed by atoms with van der Waals surface area (Å²) in [5, 5.41) is 0. The Bertz CT molecular complexity index is 408. The van der Waals surface area contributed by atoms with Crippen molar-refractivity contribution < 1.29 is 8.94 Å². The van der Waals surface area contributed by atoms with Gasteiger partial charge in [-0.3, -0.25) is 0 Å². The highest BCUT2D eigenvalue weighted by Crippen LogP contribution is 2.22. The quantitative estimate of drug-likeness (QED) is 0.853. The molecule has 0 saturated carbocycles. The summed E-state index contributed by atoms with van der Waals surface area (Å²) in [7, 11) is 0. The van der Waals surface area contributed by atoms with E-state index in [0.29, 0.717) is 10.9 Å². The van der Waals surface area contributed by atoms with E-state index in [0.717, 1.165) is 5.56 Å². The van der Waals surface area contributed by atoms with Crippen LogP contribution in [0.3, 0.4) is 0 Å². The van der Waals surface area contributed by atoms with Gasteiger partial charge in [0.1, 0.15) is 10.6 Å². The molecule has 2 atom stereocenters. The highest BCUT2D eigenvalue weighted by atomic mass is 79.9. The maximum Gasteiger partial charge on any atom is 0.137 e. The molecule has 0 saturated heterocycles. The van der Waals surface area contributed by atoms with Gasteiger partial charge in [-0.15, -0.1) is 4.72 Å². The van der Waals surface area contributed by atoms with Gasteiger partial charge in [-0.2, -0.15) is 0 Å². The molecule has 1 N–H and O–H groups in total. The Kier molecular flexibility index (Phi) is 5.65. The Morgan fingerprint density at radius 1 is 1.44 bits per heavy atom. The summed E-state index contributed by atoms with van der Waals surface area (Å²) in [5.41, 5.74) is 0.876. The van der Waals surface area contributed by atoms with Crippen LogP contribution in [0.25, 0.3) is 0 Å². The van der Waals surface area contributed by atoms with E-state index < -0.39 is 11.4 Å². The Balaban J connectivity index is 2.65. The fraction of sp³-hybridized carbons (Fsp3) is 0.538. The van der Waals surface area contributed by atoms with Gasteiger partial charge >= 0.3 is 0 Å². The van der Waals surface area contributed by atoms with Gasteiger partial charge in [-0.05, 0) is 61.7 Å². The van der Waals surface area contributed by atoms with Gasteiger partial charge in [0.25, 0.3) is 0 Å². The smallest absolute Gasteiger partial charge is 0.137 e. The molecule has 0 aromatic heterocycles. The van der Waals surface area contributed by atoms with Crippen LogP contribution in [-0.4, -0.2) is 15.3 Å². The van der Waals surface area contributed by atoms with Crippen LogP contribution in [0, 0.1) is 5.82 Å². The van der Waals surface area contributed by atoms with Crippen LogP contribution >= 0.6 is 15.9 Å². The van der Waals surface area contributed by atoms with Crippen LogP contribution in [-0.2, 0) is 17.8 Å². The van der Waals surface area contributed by atoms with Crippen molar-refractivity contribution >= 4 is 27.3 Å². The van der Waals surface area contributed by atoms with E-state index in [-0.39, 0.29) is 16.6 Å². The van der Waals surface area contributed by atoms with Crippen LogP contribution in [0.5, 0.6) is 0 Å². The Labute approximate surface area is 120 Å². The summed E-state index contributed by atoms with van der Waals surface area (Å²) < 4.78 is 28.5. The summed E-state index contributed by atoms with van der Waals surface area (Å²) in [6, 6.07) is 4.98. The zero-order chi connectivity index (χ0) is 13.9. The van der Waals surface area contributed by atoms with Crippen molar-refractivity contribution in [1.82, 2.24) is 4.72 Å². The molecule has 1 rings (SSSR count). The monoisotopic (exact) mass is 335 g/mol. The van der Waals surface area contributed by atoms with E-state index in [1.165, 1.54) is 6.07 Å². The molecule has 0 radical (unpaired) electrons. The molecule has 102 valence electrons. The van der Waals surface area contributed by atoms with E-state index in [1.54, 1.807) is 6.07 Å². The first-order valence-electron chi connectivity index (χ1n) is 5.82. The molecule has 0 bridgehead atoms. The summed E-state index contributed by atoms with van der Waals surface area (Å²) in [5.74, 6) is -0.267. The van der Waals surface area contributed by atoms with Crippen molar-refractivity contribution in [2.75, 3.05) is 0 Å². The van der Waals surface area contributed by atoms with Crippen LogP contribution in [0.1, 0.15) is 33.3 Å². The molecule has 0 aliphatic rings. The lowest BCUT2D eigenvalue weighted by atomic mass is 10.1. The Morgan fingerprint density at radius 2 is 2.06 bits per heavy atom. The van der Waals surface area contributed by atoms with Gasteiger partial charge in [-0.25, -0.2) is 4.39 Å². The van der Waals surface area contributed by atoms with Crippen molar-refractivity contribution in [3.63, 3.8) is 0 Å². The number of rotatable bonds is 4. The first kappa shape index (κ1) is 16.0. The number of halogens is 2. The average Bonchev–Trinajstić information content (AvgIpc) is 2.23. The minimum absolute atomic E-state index is 0.0168. The van der Waals surface area contributed by atoms with Crippen LogP contribution < -0.4 is 4.72 Å². The Hall–Kier alpha value is -0.100. The number of benzene rings is 1. The number of hydrogen-bond donors (Lipinski definition) is 1. The summed E-state index contributed by atoms with van der Waals surface area (Å²) in [6.07, 6.45) is 0.625. The van der Waals surface area contributed by atoms with E-state index in [1.807, 2.05) is 33.8 Å². The van der Waals surface area contributed by atoms with Gasteiger partial charge < -0.3 is 4.55 Å². The second kappa shape index (κ2) is 6.37. The molecule has 18 heavy (non-hydrogen) atoms. The third-order valence-corrected chi connectivity index (χ3v) is 5.04. The lowest BCUT2D eigenvalue weighted by molar-refractivity contribution is 0.525. The zero-order valence-electron chi connectivity index (χ0n) is 11.1. The molecule has 2 nitrogen and oxygen atoms in total. The van der Waals surface area contributed by atoms with Crippen LogP contribution in [0.15, 0.2) is 22.7 Å². The lowest BCUT2D eigenvalue weighted by Gasteiger charge is -2.26. The van der Waals surface area contributed by atoms with Gasteiger partial charge in [0, 0.05) is 11.4 Å². The molecule has 0 amide bonds. The van der Waals surface area contributed by atoms with Crippen molar-refractivity contribution in [2.24, 2.45) is 0 Å². The first-order chi connectivity index (χ1) is 8.21. The van der Waals surface area contributed by atoms with Gasteiger partial charge in [0.05, 0.1) is 10.5 Å². The predicted octanol–water partition coefficient (Wildman–Crippen LogP) is 3.57. The number of hydrogen-bond acceptors (Lipinski definition) is 2. The third kappa shape index (κ3) is 4.53. The normalized spacial score (nSPS) is 15.5. The molecule has 1 aromatic carbocycles. The molecular weight excluding hydrogens is 317 g/mol. The number of nitrogens with one attached hydrogen (secondary N) is 1. The van der Waals surface area contributed by atoms with E-state index in [2.05, 4.69) is 20.7 Å². The van der Waals surface area contributed by atoms with Crippen molar-refractivity contribution in [3.8, 4) is 0 Å². The molecule has 5 heteroatoms. The third-order valence-electron chi connectivity index (χ3n) is 2.42. The summed E-state index contributed by atoms with van der Waals surface area (Å²) >= 11 is 2.12. The van der Waals surface area contributed by atoms with Crippen LogP contribution in [0.2, 0.25) is 0 Å². The summed E-state index contributed by atoms with van der Waals surface area (Å²) in [4.78, 5) is 0. The van der Waals surface area contributed by atoms with Crippen LogP contribution in [0.4, 0.5) is 4.39 Å². The molecular formula is C13H19BrFNOS. The van der Waals surface area contributed by atoms with Crippen molar-refractivity contribution in [3.05, 3.63) is 34.1 Å².